The number of carbonyl (C=O) groups is 4. The smallest absolute Gasteiger partial charge is 0.377 e. The summed E-state index contributed by atoms with van der Waals surface area (Å²) in [7, 11) is 0. The molecule has 23 heteroatoms. The molecule has 60 heavy (non-hydrogen) atoms. The molecule has 0 atom stereocenters. The Kier molecular flexibility index (Phi) is 11.7. The van der Waals surface area contributed by atoms with Crippen molar-refractivity contribution in [2.75, 3.05) is 48.3 Å². The van der Waals surface area contributed by atoms with Crippen LogP contribution in [0.25, 0.3) is 38.4 Å². The van der Waals surface area contributed by atoms with Crippen LogP contribution < -0.4 is 22.1 Å². The van der Waals surface area contributed by atoms with Gasteiger partial charge in [-0.15, -0.1) is 0 Å². The number of hydrogen-bond acceptors (Lipinski definition) is 14. The highest BCUT2D eigenvalue weighted by atomic mass is 19.1. The number of rotatable bonds is 6. The van der Waals surface area contributed by atoms with Gasteiger partial charge in [0.25, 0.3) is 17.5 Å². The Balaban J connectivity index is 0.000000178. The van der Waals surface area contributed by atoms with Gasteiger partial charge in [0, 0.05) is 50.2 Å². The van der Waals surface area contributed by atoms with Gasteiger partial charge in [0.15, 0.2) is 17.5 Å². The number of fused-ring (bicyclic) bond motifs is 3. The number of carboxylic acid groups (broad SMARTS) is 1. The number of piperazine rings is 1. The molecule has 0 radical (unpaired) electrons. The number of ketones is 2. The summed E-state index contributed by atoms with van der Waals surface area (Å²) in [5, 5.41) is 20.8. The van der Waals surface area contributed by atoms with Gasteiger partial charge in [-0.3, -0.25) is 14.4 Å². The maximum absolute atomic E-state index is 14.3. The molecule has 1 aromatic carbocycles. The van der Waals surface area contributed by atoms with Gasteiger partial charge in [0.05, 0.1) is 62.7 Å². The van der Waals surface area contributed by atoms with Crippen molar-refractivity contribution >= 4 is 79.6 Å². The number of benzene rings is 1. The van der Waals surface area contributed by atoms with E-state index in [1.54, 1.807) is 16.9 Å². The fourth-order valence-corrected chi connectivity index (χ4v) is 6.26. The number of aromatic nitrogens is 10. The van der Waals surface area contributed by atoms with Crippen LogP contribution in [0.15, 0.2) is 73.6 Å². The van der Waals surface area contributed by atoms with Crippen LogP contribution in [-0.4, -0.2) is 110 Å². The van der Waals surface area contributed by atoms with Crippen LogP contribution in [0.4, 0.5) is 36.6 Å². The van der Waals surface area contributed by atoms with E-state index in [4.69, 9.17) is 22.3 Å². The summed E-state index contributed by atoms with van der Waals surface area (Å²) >= 11 is 0. The van der Waals surface area contributed by atoms with E-state index in [0.717, 1.165) is 30.5 Å². The monoisotopic (exact) mass is 825 g/mol. The van der Waals surface area contributed by atoms with Crippen LogP contribution in [0, 0.1) is 17.5 Å². The second kappa shape index (κ2) is 17.0. The Morgan fingerprint density at radius 3 is 1.77 bits per heavy atom. The number of nitrogen functional groups attached to an aromatic ring is 3. The molecular formula is C37H34F3N15O5. The van der Waals surface area contributed by atoms with E-state index in [1.807, 2.05) is 35.2 Å². The minimum absolute atomic E-state index is 0. The van der Waals surface area contributed by atoms with Gasteiger partial charge < -0.3 is 47.1 Å². The maximum Gasteiger partial charge on any atom is 0.377 e. The van der Waals surface area contributed by atoms with Crippen LogP contribution in [-0.2, 0) is 9.59 Å². The second-order valence-corrected chi connectivity index (χ2v) is 12.6. The zero-order valence-electron chi connectivity index (χ0n) is 30.2. The first-order chi connectivity index (χ1) is 28.3. The largest absolute Gasteiger partial charge is 0.475 e. The summed E-state index contributed by atoms with van der Waals surface area (Å²) in [6, 6.07) is 11.1. The maximum atomic E-state index is 14.3. The summed E-state index contributed by atoms with van der Waals surface area (Å²) in [5.74, 6) is -5.30. The highest BCUT2D eigenvalue weighted by molar-refractivity contribution is 6.45. The number of aromatic amines is 3. The lowest BCUT2D eigenvalue weighted by atomic mass is 10.1. The molecule has 0 saturated carbocycles. The molecule has 308 valence electrons. The number of nitrogens with zero attached hydrogens (tertiary/aromatic N) is 9. The van der Waals surface area contributed by atoms with Gasteiger partial charge in [-0.25, -0.2) is 32.9 Å². The number of aliphatic carboxylic acids is 1. The lowest BCUT2D eigenvalue weighted by molar-refractivity contribution is -0.131. The number of carbonyl (C=O) groups excluding carboxylic acids is 3. The first-order valence-corrected chi connectivity index (χ1v) is 17.2. The van der Waals surface area contributed by atoms with Crippen molar-refractivity contribution in [2.24, 2.45) is 0 Å². The Morgan fingerprint density at radius 1 is 0.683 bits per heavy atom. The number of nitrogens with two attached hydrogens (primary N) is 3. The summed E-state index contributed by atoms with van der Waals surface area (Å²) in [6.45, 7) is 1.46. The number of hydrogen-bond donors (Lipinski definition) is 7. The second-order valence-electron chi connectivity index (χ2n) is 12.6. The van der Waals surface area contributed by atoms with E-state index in [-0.39, 0.29) is 57.8 Å². The van der Waals surface area contributed by atoms with E-state index in [9.17, 15) is 32.3 Å². The van der Waals surface area contributed by atoms with Gasteiger partial charge in [-0.2, -0.15) is 4.68 Å². The average Bonchev–Trinajstić information content (AvgIpc) is 4.09. The fourth-order valence-electron chi connectivity index (χ4n) is 6.26. The van der Waals surface area contributed by atoms with Crippen LogP contribution in [0.1, 0.15) is 28.1 Å². The normalized spacial score (nSPS) is 12.3. The van der Waals surface area contributed by atoms with E-state index in [1.165, 1.54) is 11.1 Å². The SMILES string of the molecule is C.Nc1ncc(F)c2c(C(=O)C(=O)N3CCN(c4nnnn4-c4ccccc4)CC3)c[nH]c12.Nc1ncc(F)c2c(C(=O)C(=O)O)c[nH]c12.Nc1ncc(F)c2cc[nH]c12. The fraction of sp³-hybridized carbons (Fsp3) is 0.135. The van der Waals surface area contributed by atoms with Crippen LogP contribution >= 0.6 is 0 Å². The summed E-state index contributed by atoms with van der Waals surface area (Å²) in [4.78, 5) is 69.8. The van der Waals surface area contributed by atoms with Gasteiger partial charge in [-0.05, 0) is 28.6 Å². The molecule has 0 bridgehead atoms. The Morgan fingerprint density at radius 2 is 1.22 bits per heavy atom. The van der Waals surface area contributed by atoms with Crippen molar-refractivity contribution in [3.8, 4) is 5.69 Å². The van der Waals surface area contributed by atoms with E-state index in [2.05, 4.69) is 45.4 Å². The zero-order chi connectivity index (χ0) is 42.0. The number of anilines is 4. The van der Waals surface area contributed by atoms with Crippen LogP contribution in [0.5, 0.6) is 0 Å². The van der Waals surface area contributed by atoms with Crippen molar-refractivity contribution < 1.29 is 37.5 Å². The predicted molar refractivity (Wildman–Crippen MR) is 212 cm³/mol. The standard InChI is InChI=1S/C20H18FN9O2.C9H6FN3O3.C7H6FN3.CH4/c21-14-11-24-18(22)16-15(14)13(10-23-16)17(31)19(32)28-6-8-29(9-7-28)20-25-26-27-30(20)12-4-2-1-3-5-12;10-4-2-13-8(11)6-5(4)3(1-12-6)7(14)9(15)16;8-5-3-11-7(9)6-4(5)1-2-10-6;/h1-5,10-11,23H,6-9H2,(H2,22,24);1-2,12H,(H2,11,13)(H,15,16);1-3,10H,(H2,9,11);1H4. The first-order valence-electron chi connectivity index (χ1n) is 17.2. The molecular weight excluding hydrogens is 792 g/mol. The number of halogens is 3. The van der Waals surface area contributed by atoms with Crippen molar-refractivity contribution in [1.29, 1.82) is 0 Å². The highest BCUT2D eigenvalue weighted by Crippen LogP contribution is 2.27. The summed E-state index contributed by atoms with van der Waals surface area (Å²) in [5.41, 5.74) is 18.0. The number of para-hydroxylation sites is 1. The van der Waals surface area contributed by atoms with E-state index < -0.39 is 35.1 Å². The van der Waals surface area contributed by atoms with E-state index in [0.29, 0.717) is 48.8 Å². The minimum atomic E-state index is -1.66. The lowest BCUT2D eigenvalue weighted by Gasteiger charge is -2.34. The number of Topliss-reactive ketones (excluding diaryl/α,β-unsaturated/α-hetero) is 2. The Bertz CT molecular complexity index is 2850. The molecule has 0 spiro atoms. The van der Waals surface area contributed by atoms with Gasteiger partial charge >= 0.3 is 5.97 Å². The van der Waals surface area contributed by atoms with Crippen LogP contribution in [0.2, 0.25) is 0 Å². The molecule has 1 amide bonds. The lowest BCUT2D eigenvalue weighted by Crippen LogP contribution is -2.51. The predicted octanol–water partition coefficient (Wildman–Crippen LogP) is 3.26. The molecule has 8 aromatic rings. The number of carboxylic acids is 1. The third-order valence-corrected chi connectivity index (χ3v) is 9.14. The minimum Gasteiger partial charge on any atom is -0.475 e. The number of amides is 1. The Hall–Kier alpha value is -8.37. The van der Waals surface area contributed by atoms with Crippen molar-refractivity contribution in [3.63, 3.8) is 0 Å². The molecule has 0 unspecified atom stereocenters. The number of H-pyrrole nitrogens is 3. The third-order valence-electron chi connectivity index (χ3n) is 9.14. The molecule has 8 heterocycles. The quantitative estimate of drug-likeness (QED) is 0.0935. The molecule has 20 nitrogen and oxygen atoms in total. The topological polar surface area (TPSA) is 303 Å². The summed E-state index contributed by atoms with van der Waals surface area (Å²) < 4.78 is 42.2. The van der Waals surface area contributed by atoms with Crippen molar-refractivity contribution in [3.05, 3.63) is 102 Å². The molecule has 1 aliphatic rings. The van der Waals surface area contributed by atoms with Gasteiger partial charge in [0.2, 0.25) is 5.95 Å². The summed E-state index contributed by atoms with van der Waals surface area (Å²) in [6.07, 6.45) is 6.91. The molecule has 0 aliphatic carbocycles. The highest BCUT2D eigenvalue weighted by Gasteiger charge is 2.31. The Labute approximate surface area is 335 Å². The molecule has 9 rings (SSSR count). The third kappa shape index (κ3) is 7.80. The number of pyridine rings is 3. The number of nitrogens with one attached hydrogen (secondary N) is 3. The first kappa shape index (κ1) is 41.3. The van der Waals surface area contributed by atoms with Crippen molar-refractivity contribution in [2.45, 2.75) is 7.43 Å². The molecule has 1 fully saturated rings. The van der Waals surface area contributed by atoms with Crippen LogP contribution in [0.3, 0.4) is 0 Å². The van der Waals surface area contributed by atoms with Gasteiger partial charge in [-0.1, -0.05) is 30.7 Å². The molecule has 10 N–H and O–H groups in total. The molecule has 7 aromatic heterocycles. The van der Waals surface area contributed by atoms with Gasteiger partial charge in [0.1, 0.15) is 17.5 Å². The molecule has 1 aliphatic heterocycles. The average molecular weight is 826 g/mol. The van der Waals surface area contributed by atoms with Crippen molar-refractivity contribution in [1.82, 2.24) is 55.0 Å². The zero-order valence-corrected chi connectivity index (χ0v) is 30.2. The van der Waals surface area contributed by atoms with E-state index >= 15 is 0 Å². The number of tetrazole rings is 1. The molecule has 1 saturated heterocycles.